The fourth-order valence-electron chi connectivity index (χ4n) is 3.32. The summed E-state index contributed by atoms with van der Waals surface area (Å²) in [5, 5.41) is 14.0. The van der Waals surface area contributed by atoms with Crippen molar-refractivity contribution >= 4 is 29.1 Å². The van der Waals surface area contributed by atoms with E-state index in [1.54, 1.807) is 36.1 Å². The molecule has 0 aliphatic carbocycles. The Kier molecular flexibility index (Phi) is 6.37. The van der Waals surface area contributed by atoms with E-state index in [1.165, 1.54) is 0 Å². The molecule has 2 N–H and O–H groups in total. The Balaban J connectivity index is 1.50. The number of nitrogens with one attached hydrogen (secondary N) is 1. The minimum atomic E-state index is -1.01. The van der Waals surface area contributed by atoms with Crippen molar-refractivity contribution in [2.45, 2.75) is 31.8 Å². The van der Waals surface area contributed by atoms with Crippen LogP contribution < -0.4 is 10.2 Å². The van der Waals surface area contributed by atoms with Gasteiger partial charge in [0.25, 0.3) is 0 Å². The number of carbonyl (C=O) groups is 2. The van der Waals surface area contributed by atoms with Crippen LogP contribution in [-0.2, 0) is 16.0 Å². The van der Waals surface area contributed by atoms with Gasteiger partial charge in [-0.3, -0.25) is 9.59 Å². The number of hydrogen-bond donors (Lipinski definition) is 2. The molecule has 0 aromatic heterocycles. The molecule has 1 aliphatic heterocycles. The predicted molar refractivity (Wildman–Crippen MR) is 110 cm³/mol. The Morgan fingerprint density at radius 3 is 2.57 bits per heavy atom. The molecule has 148 valence electrons. The Morgan fingerprint density at radius 2 is 1.89 bits per heavy atom. The molecule has 0 bridgehead atoms. The zero-order chi connectivity index (χ0) is 20.1. The molecule has 1 aliphatic rings. The molecule has 0 saturated carbocycles. The second-order valence-electron chi connectivity index (χ2n) is 7.58. The molecular weight excluding hydrogens is 376 g/mol. The van der Waals surface area contributed by atoms with Crippen LogP contribution in [-0.4, -0.2) is 35.6 Å². The first-order chi connectivity index (χ1) is 13.3. The number of nitrogens with zero attached hydrogens (tertiary/aromatic N) is 1. The summed E-state index contributed by atoms with van der Waals surface area (Å²) in [7, 11) is 0. The monoisotopic (exact) mass is 400 g/mol. The van der Waals surface area contributed by atoms with Crippen LogP contribution in [0.2, 0.25) is 5.02 Å². The van der Waals surface area contributed by atoms with E-state index in [2.05, 4.69) is 5.32 Å². The zero-order valence-electron chi connectivity index (χ0n) is 15.9. The molecule has 3 rings (SSSR count). The normalized spacial score (nSPS) is 18.8. The number of halogens is 1. The van der Waals surface area contributed by atoms with Crippen molar-refractivity contribution < 1.29 is 14.7 Å². The van der Waals surface area contributed by atoms with Crippen LogP contribution in [0.15, 0.2) is 54.6 Å². The SMILES string of the molecule is CC(O)(CCc1ccccc1)CNC(=O)C1CC(=O)N(c2ccc(Cl)cc2)C1. The molecule has 2 atom stereocenters. The van der Waals surface area contributed by atoms with Crippen LogP contribution in [0.5, 0.6) is 0 Å². The topological polar surface area (TPSA) is 69.6 Å². The lowest BCUT2D eigenvalue weighted by atomic mass is 9.96. The van der Waals surface area contributed by atoms with Gasteiger partial charge in [-0.05, 0) is 49.6 Å². The number of aryl methyl sites for hydroxylation is 1. The number of rotatable bonds is 7. The molecule has 28 heavy (non-hydrogen) atoms. The van der Waals surface area contributed by atoms with Crippen LogP contribution in [0, 0.1) is 5.92 Å². The van der Waals surface area contributed by atoms with E-state index < -0.39 is 11.5 Å². The Labute approximate surface area is 170 Å². The van der Waals surface area contributed by atoms with Crippen molar-refractivity contribution in [3.05, 3.63) is 65.2 Å². The van der Waals surface area contributed by atoms with Crippen LogP contribution in [0.4, 0.5) is 5.69 Å². The van der Waals surface area contributed by atoms with Gasteiger partial charge in [0.15, 0.2) is 0 Å². The molecular formula is C22H25ClN2O3. The van der Waals surface area contributed by atoms with Gasteiger partial charge in [-0.1, -0.05) is 41.9 Å². The van der Waals surface area contributed by atoms with E-state index in [0.717, 1.165) is 17.7 Å². The molecule has 1 saturated heterocycles. The molecule has 6 heteroatoms. The van der Waals surface area contributed by atoms with Crippen molar-refractivity contribution in [1.82, 2.24) is 5.32 Å². The predicted octanol–water partition coefficient (Wildman–Crippen LogP) is 3.19. The summed E-state index contributed by atoms with van der Waals surface area (Å²) in [5.74, 6) is -0.712. The molecule has 2 aromatic rings. The highest BCUT2D eigenvalue weighted by Crippen LogP contribution is 2.26. The van der Waals surface area contributed by atoms with Gasteiger partial charge in [-0.25, -0.2) is 0 Å². The first-order valence-electron chi connectivity index (χ1n) is 9.44. The van der Waals surface area contributed by atoms with E-state index in [-0.39, 0.29) is 24.8 Å². The zero-order valence-corrected chi connectivity index (χ0v) is 16.7. The van der Waals surface area contributed by atoms with Crippen molar-refractivity contribution in [2.75, 3.05) is 18.0 Å². The number of anilines is 1. The van der Waals surface area contributed by atoms with Crippen molar-refractivity contribution in [1.29, 1.82) is 0 Å². The highest BCUT2D eigenvalue weighted by Gasteiger charge is 2.35. The smallest absolute Gasteiger partial charge is 0.227 e. The standard InChI is InChI=1S/C22H25ClN2O3/c1-22(28,12-11-16-5-3-2-4-6-16)15-24-21(27)17-13-20(26)25(14-17)19-9-7-18(23)8-10-19/h2-10,17,28H,11-15H2,1H3,(H,24,27). The van der Waals surface area contributed by atoms with Crippen LogP contribution in [0.1, 0.15) is 25.3 Å². The summed E-state index contributed by atoms with van der Waals surface area (Å²) >= 11 is 5.89. The summed E-state index contributed by atoms with van der Waals surface area (Å²) < 4.78 is 0. The van der Waals surface area contributed by atoms with Gasteiger partial charge in [0.05, 0.1) is 11.5 Å². The van der Waals surface area contributed by atoms with Gasteiger partial charge in [-0.15, -0.1) is 0 Å². The van der Waals surface area contributed by atoms with E-state index in [4.69, 9.17) is 11.6 Å². The van der Waals surface area contributed by atoms with E-state index >= 15 is 0 Å². The maximum atomic E-state index is 12.5. The minimum Gasteiger partial charge on any atom is -0.388 e. The fourth-order valence-corrected chi connectivity index (χ4v) is 3.45. The largest absolute Gasteiger partial charge is 0.388 e. The molecule has 0 radical (unpaired) electrons. The van der Waals surface area contributed by atoms with Crippen molar-refractivity contribution in [2.24, 2.45) is 5.92 Å². The summed E-state index contributed by atoms with van der Waals surface area (Å²) in [4.78, 5) is 26.4. The highest BCUT2D eigenvalue weighted by atomic mass is 35.5. The third kappa shape index (κ3) is 5.33. The molecule has 0 spiro atoms. The van der Waals surface area contributed by atoms with Crippen LogP contribution in [0.3, 0.4) is 0 Å². The highest BCUT2D eigenvalue weighted by molar-refractivity contribution is 6.30. The van der Waals surface area contributed by atoms with Gasteiger partial charge >= 0.3 is 0 Å². The summed E-state index contributed by atoms with van der Waals surface area (Å²) in [6.07, 6.45) is 1.44. The average molecular weight is 401 g/mol. The number of benzene rings is 2. The van der Waals surface area contributed by atoms with Gasteiger partial charge < -0.3 is 15.3 Å². The average Bonchev–Trinajstić information content (AvgIpc) is 3.08. The third-order valence-corrected chi connectivity index (χ3v) is 5.32. The number of amides is 2. The summed E-state index contributed by atoms with van der Waals surface area (Å²) in [5.41, 5.74) is 0.873. The maximum absolute atomic E-state index is 12.5. The molecule has 2 amide bonds. The maximum Gasteiger partial charge on any atom is 0.227 e. The fraction of sp³-hybridized carbons (Fsp3) is 0.364. The summed E-state index contributed by atoms with van der Waals surface area (Å²) in [6.45, 7) is 2.21. The second-order valence-corrected chi connectivity index (χ2v) is 8.02. The second kappa shape index (κ2) is 8.76. The molecule has 1 fully saturated rings. The van der Waals surface area contributed by atoms with E-state index in [9.17, 15) is 14.7 Å². The van der Waals surface area contributed by atoms with Gasteiger partial charge in [0.2, 0.25) is 11.8 Å². The number of aliphatic hydroxyl groups is 1. The lowest BCUT2D eigenvalue weighted by Gasteiger charge is -2.24. The van der Waals surface area contributed by atoms with Crippen molar-refractivity contribution in [3.63, 3.8) is 0 Å². The van der Waals surface area contributed by atoms with Gasteiger partial charge in [-0.2, -0.15) is 0 Å². The molecule has 2 unspecified atom stereocenters. The van der Waals surface area contributed by atoms with Crippen molar-refractivity contribution in [3.8, 4) is 0 Å². The van der Waals surface area contributed by atoms with Crippen LogP contribution >= 0.6 is 11.6 Å². The lowest BCUT2D eigenvalue weighted by Crippen LogP contribution is -2.43. The first kappa shape index (κ1) is 20.4. The number of carbonyl (C=O) groups excluding carboxylic acids is 2. The Bertz CT molecular complexity index is 821. The van der Waals surface area contributed by atoms with E-state index in [1.807, 2.05) is 30.3 Å². The van der Waals surface area contributed by atoms with Gasteiger partial charge in [0, 0.05) is 30.2 Å². The molecule has 1 heterocycles. The summed E-state index contributed by atoms with van der Waals surface area (Å²) in [6, 6.07) is 16.9. The number of hydrogen-bond acceptors (Lipinski definition) is 3. The minimum absolute atomic E-state index is 0.0849. The van der Waals surface area contributed by atoms with Crippen LogP contribution in [0.25, 0.3) is 0 Å². The molecule has 5 nitrogen and oxygen atoms in total. The van der Waals surface area contributed by atoms with E-state index in [0.29, 0.717) is 18.0 Å². The quantitative estimate of drug-likeness (QED) is 0.749. The Morgan fingerprint density at radius 1 is 1.21 bits per heavy atom. The van der Waals surface area contributed by atoms with Gasteiger partial charge in [0.1, 0.15) is 0 Å². The lowest BCUT2D eigenvalue weighted by molar-refractivity contribution is -0.127. The Hall–Kier alpha value is -2.37. The first-order valence-corrected chi connectivity index (χ1v) is 9.82. The molecule has 2 aromatic carbocycles. The third-order valence-electron chi connectivity index (χ3n) is 5.07.